The summed E-state index contributed by atoms with van der Waals surface area (Å²) in [5.41, 5.74) is 2.26. The van der Waals surface area contributed by atoms with Crippen molar-refractivity contribution in [3.8, 4) is 0 Å². The zero-order chi connectivity index (χ0) is 21.4. The zero-order valence-electron chi connectivity index (χ0n) is 19.4. The van der Waals surface area contributed by atoms with Gasteiger partial charge in [0, 0.05) is 18.7 Å². The molecule has 6 heteroatoms. The Morgan fingerprint density at radius 1 is 1.16 bits per heavy atom. The SMILES string of the molecule is CCCCN(C)CC(=O)N1CCc2c(ncnc2NCC2C3CC4CC(C3)CC2C4)C1. The normalized spacial score (nSPS) is 31.2. The molecule has 4 aliphatic carbocycles. The summed E-state index contributed by atoms with van der Waals surface area (Å²) in [4.78, 5) is 26.0. The van der Waals surface area contributed by atoms with Gasteiger partial charge in [-0.3, -0.25) is 9.69 Å². The van der Waals surface area contributed by atoms with E-state index in [0.29, 0.717) is 13.1 Å². The largest absolute Gasteiger partial charge is 0.369 e. The minimum Gasteiger partial charge on any atom is -0.369 e. The van der Waals surface area contributed by atoms with Crippen LogP contribution in [0.1, 0.15) is 63.1 Å². The maximum Gasteiger partial charge on any atom is 0.237 e. The molecule has 1 aromatic heterocycles. The molecule has 6 nitrogen and oxygen atoms in total. The highest BCUT2D eigenvalue weighted by Gasteiger charge is 2.47. The van der Waals surface area contributed by atoms with Crippen LogP contribution in [-0.2, 0) is 17.8 Å². The fourth-order valence-electron chi connectivity index (χ4n) is 7.14. The molecular formula is C25H39N5O. The molecule has 5 aliphatic rings. The summed E-state index contributed by atoms with van der Waals surface area (Å²) in [6.45, 7) is 6.11. The third kappa shape index (κ3) is 4.46. The van der Waals surface area contributed by atoms with Gasteiger partial charge in [0.05, 0.1) is 18.8 Å². The van der Waals surface area contributed by atoms with E-state index >= 15 is 0 Å². The van der Waals surface area contributed by atoms with E-state index in [2.05, 4.69) is 27.1 Å². The Kier molecular flexibility index (Phi) is 6.18. The van der Waals surface area contributed by atoms with Gasteiger partial charge in [-0.2, -0.15) is 0 Å². The average molecular weight is 426 g/mol. The molecule has 1 aromatic rings. The van der Waals surface area contributed by atoms with Crippen molar-refractivity contribution in [2.24, 2.45) is 29.6 Å². The quantitative estimate of drug-likeness (QED) is 0.690. The molecule has 6 rings (SSSR count). The number of nitrogens with one attached hydrogen (secondary N) is 1. The van der Waals surface area contributed by atoms with Crippen molar-refractivity contribution in [3.05, 3.63) is 17.6 Å². The number of amides is 1. The predicted octanol–water partition coefficient (Wildman–Crippen LogP) is 3.58. The molecule has 0 aromatic carbocycles. The van der Waals surface area contributed by atoms with Gasteiger partial charge in [-0.05, 0) is 88.1 Å². The molecule has 170 valence electrons. The second-order valence-corrected chi connectivity index (χ2v) is 10.8. The first-order valence-electron chi connectivity index (χ1n) is 12.6. The van der Waals surface area contributed by atoms with Gasteiger partial charge in [0.2, 0.25) is 5.91 Å². The zero-order valence-corrected chi connectivity index (χ0v) is 19.4. The Morgan fingerprint density at radius 3 is 2.61 bits per heavy atom. The van der Waals surface area contributed by atoms with Gasteiger partial charge in [-0.25, -0.2) is 9.97 Å². The smallest absolute Gasteiger partial charge is 0.237 e. The van der Waals surface area contributed by atoms with Crippen LogP contribution in [0.2, 0.25) is 0 Å². The van der Waals surface area contributed by atoms with Crippen LogP contribution in [0.3, 0.4) is 0 Å². The van der Waals surface area contributed by atoms with Crippen LogP contribution >= 0.6 is 0 Å². The van der Waals surface area contributed by atoms with Crippen LogP contribution in [0, 0.1) is 29.6 Å². The fourth-order valence-corrected chi connectivity index (χ4v) is 7.14. The first kappa shape index (κ1) is 21.2. The Hall–Kier alpha value is -1.69. The van der Waals surface area contributed by atoms with E-state index in [4.69, 9.17) is 0 Å². The van der Waals surface area contributed by atoms with Gasteiger partial charge in [-0.1, -0.05) is 13.3 Å². The molecule has 1 N–H and O–H groups in total. The van der Waals surface area contributed by atoms with E-state index in [1.54, 1.807) is 6.33 Å². The van der Waals surface area contributed by atoms with Crippen LogP contribution in [0.5, 0.6) is 0 Å². The summed E-state index contributed by atoms with van der Waals surface area (Å²) in [7, 11) is 2.04. The number of carbonyl (C=O) groups excluding carboxylic acids is 1. The van der Waals surface area contributed by atoms with Crippen LogP contribution in [0.25, 0.3) is 0 Å². The van der Waals surface area contributed by atoms with Crippen molar-refractivity contribution < 1.29 is 4.79 Å². The fraction of sp³-hybridized carbons (Fsp3) is 0.800. The summed E-state index contributed by atoms with van der Waals surface area (Å²) in [5, 5.41) is 3.74. The topological polar surface area (TPSA) is 61.4 Å². The predicted molar refractivity (Wildman–Crippen MR) is 123 cm³/mol. The van der Waals surface area contributed by atoms with Crippen LogP contribution in [0.15, 0.2) is 6.33 Å². The number of unbranched alkanes of at least 4 members (excludes halogenated alkanes) is 1. The van der Waals surface area contributed by atoms with Crippen molar-refractivity contribution in [3.63, 3.8) is 0 Å². The summed E-state index contributed by atoms with van der Waals surface area (Å²) in [6.07, 6.45) is 12.2. The number of anilines is 1. The number of nitrogens with zero attached hydrogens (tertiary/aromatic N) is 4. The maximum atomic E-state index is 12.8. The van der Waals surface area contributed by atoms with Gasteiger partial charge in [-0.15, -0.1) is 0 Å². The van der Waals surface area contributed by atoms with E-state index in [1.807, 2.05) is 11.9 Å². The highest BCUT2D eigenvalue weighted by Crippen LogP contribution is 2.56. The summed E-state index contributed by atoms with van der Waals surface area (Å²) < 4.78 is 0. The van der Waals surface area contributed by atoms with Crippen molar-refractivity contribution in [2.75, 3.05) is 38.5 Å². The van der Waals surface area contributed by atoms with Crippen molar-refractivity contribution in [2.45, 2.75) is 64.8 Å². The molecule has 1 aliphatic heterocycles. The molecule has 0 radical (unpaired) electrons. The van der Waals surface area contributed by atoms with Gasteiger partial charge in [0.1, 0.15) is 12.1 Å². The maximum absolute atomic E-state index is 12.8. The number of carbonyl (C=O) groups is 1. The lowest BCUT2D eigenvalue weighted by molar-refractivity contribution is -0.133. The van der Waals surface area contributed by atoms with Crippen LogP contribution < -0.4 is 5.32 Å². The first-order chi connectivity index (χ1) is 15.1. The monoisotopic (exact) mass is 425 g/mol. The summed E-state index contributed by atoms with van der Waals surface area (Å²) >= 11 is 0. The lowest BCUT2D eigenvalue weighted by Gasteiger charge is -2.54. The number of hydrogen-bond donors (Lipinski definition) is 1. The van der Waals surface area contributed by atoms with E-state index in [1.165, 1.54) is 37.7 Å². The third-order valence-electron chi connectivity index (χ3n) is 8.59. The van der Waals surface area contributed by atoms with E-state index < -0.39 is 0 Å². The van der Waals surface area contributed by atoms with Gasteiger partial charge >= 0.3 is 0 Å². The van der Waals surface area contributed by atoms with Crippen molar-refractivity contribution in [1.29, 1.82) is 0 Å². The average Bonchev–Trinajstić information content (AvgIpc) is 2.76. The second-order valence-electron chi connectivity index (χ2n) is 10.8. The van der Waals surface area contributed by atoms with Crippen molar-refractivity contribution >= 4 is 11.7 Å². The molecule has 1 amide bonds. The molecule has 2 heterocycles. The van der Waals surface area contributed by atoms with Gasteiger partial charge < -0.3 is 10.2 Å². The Balaban J connectivity index is 1.19. The van der Waals surface area contributed by atoms with E-state index in [0.717, 1.165) is 80.0 Å². The molecule has 0 spiro atoms. The molecule has 31 heavy (non-hydrogen) atoms. The molecule has 0 saturated heterocycles. The number of likely N-dealkylation sites (N-methyl/N-ethyl adjacent to an activating group) is 1. The Bertz CT molecular complexity index is 768. The minimum atomic E-state index is 0.214. The molecule has 4 fully saturated rings. The molecule has 0 unspecified atom stereocenters. The number of rotatable bonds is 8. The summed E-state index contributed by atoms with van der Waals surface area (Å²) in [5.74, 6) is 5.96. The third-order valence-corrected chi connectivity index (χ3v) is 8.59. The minimum absolute atomic E-state index is 0.214. The second kappa shape index (κ2) is 9.05. The molecule has 0 atom stereocenters. The number of hydrogen-bond acceptors (Lipinski definition) is 5. The van der Waals surface area contributed by atoms with Gasteiger partial charge in [0.15, 0.2) is 0 Å². The van der Waals surface area contributed by atoms with Crippen LogP contribution in [0.4, 0.5) is 5.82 Å². The molecular weight excluding hydrogens is 386 g/mol. The van der Waals surface area contributed by atoms with E-state index in [9.17, 15) is 4.79 Å². The van der Waals surface area contributed by atoms with E-state index in [-0.39, 0.29) is 5.91 Å². The molecule has 4 saturated carbocycles. The highest BCUT2D eigenvalue weighted by molar-refractivity contribution is 5.78. The Labute approximate surface area is 187 Å². The highest BCUT2D eigenvalue weighted by atomic mass is 16.2. The standard InChI is InChI=1S/C25H39N5O/c1-3-4-6-29(2)15-24(31)30-7-5-21-23(14-30)27-16-28-25(21)26-13-22-19-9-17-8-18(11-19)12-20(22)10-17/h16-20,22H,3-15H2,1-2H3,(H,26,27,28). The molecule has 4 bridgehead atoms. The van der Waals surface area contributed by atoms with Crippen molar-refractivity contribution in [1.82, 2.24) is 19.8 Å². The Morgan fingerprint density at radius 2 is 1.90 bits per heavy atom. The number of fused-ring (bicyclic) bond motifs is 1. The van der Waals surface area contributed by atoms with Gasteiger partial charge in [0.25, 0.3) is 0 Å². The first-order valence-corrected chi connectivity index (χ1v) is 12.6. The lowest BCUT2D eigenvalue weighted by Crippen LogP contribution is -2.47. The summed E-state index contributed by atoms with van der Waals surface area (Å²) in [6, 6.07) is 0. The number of aromatic nitrogens is 2. The van der Waals surface area contributed by atoms with Crippen LogP contribution in [-0.4, -0.2) is 58.9 Å². The lowest BCUT2D eigenvalue weighted by atomic mass is 9.52.